The third-order valence-corrected chi connectivity index (χ3v) is 3.19. The second kappa shape index (κ2) is 6.43. The van der Waals surface area contributed by atoms with E-state index in [-0.39, 0.29) is 0 Å². The summed E-state index contributed by atoms with van der Waals surface area (Å²) in [5, 5.41) is 7.63. The van der Waals surface area contributed by atoms with Gasteiger partial charge in [0.15, 0.2) is 0 Å². The van der Waals surface area contributed by atoms with Crippen LogP contribution in [0.1, 0.15) is 45.4 Å². The first-order chi connectivity index (χ1) is 7.17. The van der Waals surface area contributed by atoms with E-state index in [0.29, 0.717) is 0 Å². The molecule has 0 aromatic heterocycles. The van der Waals surface area contributed by atoms with Gasteiger partial charge in [0.25, 0.3) is 0 Å². The van der Waals surface area contributed by atoms with Crippen LogP contribution in [0.25, 0.3) is 0 Å². The molecule has 0 spiro atoms. The predicted molar refractivity (Wildman–Crippen MR) is 71.8 cm³/mol. The summed E-state index contributed by atoms with van der Waals surface area (Å²) in [6, 6.07) is 0. The molecule has 0 heterocycles. The zero-order chi connectivity index (χ0) is 11.3. The molecule has 86 valence electrons. The Labute approximate surface area is 96.0 Å². The molecule has 0 bridgehead atoms. The van der Waals surface area contributed by atoms with E-state index in [1.165, 1.54) is 25.7 Å². The van der Waals surface area contributed by atoms with Gasteiger partial charge in [-0.25, -0.2) is 0 Å². The predicted octanol–water partition coefficient (Wildman–Crippen LogP) is 4.23. The van der Waals surface area contributed by atoms with Crippen molar-refractivity contribution < 1.29 is 0 Å². The number of hydrogen-bond acceptors (Lipinski definition) is 1. The summed E-state index contributed by atoms with van der Waals surface area (Å²) in [7, 11) is 1.08. The second-order valence-corrected chi connectivity index (χ2v) is 5.84. The van der Waals surface area contributed by atoms with Crippen molar-refractivity contribution in [3.05, 3.63) is 11.1 Å². The molecule has 15 heavy (non-hydrogen) atoms. The van der Waals surface area contributed by atoms with Gasteiger partial charge in [-0.1, -0.05) is 18.1 Å². The molecule has 1 unspecified atom stereocenters. The summed E-state index contributed by atoms with van der Waals surface area (Å²) in [6.45, 7) is 6.66. The standard InChI is InChI=1S/C11H17N.C2H7P/c1-8-2-3-10-7-11(12)5-4-9(10)6-8;1-3-2/h8,12H,2-7H2,1H3;3H,1-2H3. The van der Waals surface area contributed by atoms with Crippen molar-refractivity contribution in [1.82, 2.24) is 0 Å². The first-order valence-electron chi connectivity index (χ1n) is 6.02. The lowest BCUT2D eigenvalue weighted by atomic mass is 9.77. The van der Waals surface area contributed by atoms with Crippen molar-refractivity contribution in [3.8, 4) is 0 Å². The fourth-order valence-corrected chi connectivity index (χ4v) is 2.40. The van der Waals surface area contributed by atoms with Crippen LogP contribution in [0.2, 0.25) is 0 Å². The van der Waals surface area contributed by atoms with E-state index < -0.39 is 0 Å². The van der Waals surface area contributed by atoms with Gasteiger partial charge in [0, 0.05) is 12.1 Å². The molecule has 0 aliphatic heterocycles. The van der Waals surface area contributed by atoms with Gasteiger partial charge < -0.3 is 5.41 Å². The molecule has 1 nitrogen and oxygen atoms in total. The van der Waals surface area contributed by atoms with Gasteiger partial charge in [-0.2, -0.15) is 0 Å². The van der Waals surface area contributed by atoms with Crippen molar-refractivity contribution in [2.75, 3.05) is 13.3 Å². The molecule has 0 radical (unpaired) electrons. The molecule has 0 fully saturated rings. The third-order valence-electron chi connectivity index (χ3n) is 3.19. The Kier molecular flexibility index (Phi) is 5.53. The van der Waals surface area contributed by atoms with Gasteiger partial charge in [-0.05, 0) is 51.4 Å². The van der Waals surface area contributed by atoms with Crippen LogP contribution in [-0.4, -0.2) is 19.0 Å². The fraction of sp³-hybridized carbons (Fsp3) is 0.769. The van der Waals surface area contributed by atoms with Gasteiger partial charge in [0.2, 0.25) is 0 Å². The summed E-state index contributed by atoms with van der Waals surface area (Å²) < 4.78 is 0. The topological polar surface area (TPSA) is 23.9 Å². The highest BCUT2D eigenvalue weighted by Crippen LogP contribution is 2.36. The third kappa shape index (κ3) is 4.07. The number of allylic oxidation sites excluding steroid dienone is 2. The van der Waals surface area contributed by atoms with Gasteiger partial charge >= 0.3 is 0 Å². The maximum atomic E-state index is 7.63. The second-order valence-electron chi connectivity index (χ2n) is 4.84. The van der Waals surface area contributed by atoms with Crippen LogP contribution in [0.5, 0.6) is 0 Å². The molecule has 2 aliphatic rings. The molecular weight excluding hydrogens is 201 g/mol. The molecule has 0 aromatic carbocycles. The highest BCUT2D eigenvalue weighted by molar-refractivity contribution is 7.35. The van der Waals surface area contributed by atoms with Crippen LogP contribution < -0.4 is 0 Å². The summed E-state index contributed by atoms with van der Waals surface area (Å²) in [5.41, 5.74) is 4.28. The highest BCUT2D eigenvalue weighted by Gasteiger charge is 2.21. The molecular formula is C13H24NP. The normalized spacial score (nSPS) is 25.5. The van der Waals surface area contributed by atoms with E-state index in [1.54, 1.807) is 11.1 Å². The Hall–Kier alpha value is -0.160. The lowest BCUT2D eigenvalue weighted by molar-refractivity contribution is 0.479. The average Bonchev–Trinajstić information content (AvgIpc) is 2.20. The highest BCUT2D eigenvalue weighted by atomic mass is 31.1. The van der Waals surface area contributed by atoms with Crippen molar-refractivity contribution in [1.29, 1.82) is 5.41 Å². The first kappa shape index (κ1) is 12.9. The fourth-order valence-electron chi connectivity index (χ4n) is 2.40. The van der Waals surface area contributed by atoms with Crippen LogP contribution >= 0.6 is 8.58 Å². The largest absolute Gasteiger partial charge is 0.309 e. The molecule has 0 saturated carbocycles. The SMILES string of the molecule is CC1CCC2=C(CCC(=N)C2)C1.CPC. The van der Waals surface area contributed by atoms with Crippen molar-refractivity contribution in [3.63, 3.8) is 0 Å². The molecule has 2 rings (SSSR count). The Balaban J connectivity index is 0.000000337. The Morgan fingerprint density at radius 1 is 1.13 bits per heavy atom. The van der Waals surface area contributed by atoms with Crippen LogP contribution in [0.15, 0.2) is 11.1 Å². The lowest BCUT2D eigenvalue weighted by Gasteiger charge is -2.28. The van der Waals surface area contributed by atoms with Crippen molar-refractivity contribution in [2.45, 2.75) is 45.4 Å². The summed E-state index contributed by atoms with van der Waals surface area (Å²) >= 11 is 0. The van der Waals surface area contributed by atoms with E-state index in [2.05, 4.69) is 20.3 Å². The quantitative estimate of drug-likeness (QED) is 0.471. The molecule has 2 aliphatic carbocycles. The van der Waals surface area contributed by atoms with E-state index in [9.17, 15) is 0 Å². The van der Waals surface area contributed by atoms with E-state index in [0.717, 1.165) is 33.1 Å². The maximum Gasteiger partial charge on any atom is 0.0133 e. The van der Waals surface area contributed by atoms with E-state index >= 15 is 0 Å². The molecule has 0 amide bonds. The minimum Gasteiger partial charge on any atom is -0.309 e. The Morgan fingerprint density at radius 2 is 1.80 bits per heavy atom. The van der Waals surface area contributed by atoms with Crippen LogP contribution in [-0.2, 0) is 0 Å². The number of hydrogen-bond donors (Lipinski definition) is 1. The zero-order valence-corrected chi connectivity index (χ0v) is 11.3. The first-order valence-corrected chi connectivity index (χ1v) is 8.02. The van der Waals surface area contributed by atoms with Crippen LogP contribution in [0, 0.1) is 11.3 Å². The Bertz CT molecular complexity index is 255. The van der Waals surface area contributed by atoms with Crippen molar-refractivity contribution in [2.24, 2.45) is 5.92 Å². The van der Waals surface area contributed by atoms with Crippen LogP contribution in [0.4, 0.5) is 0 Å². The minimum absolute atomic E-state index is 0.899. The summed E-state index contributed by atoms with van der Waals surface area (Å²) in [5.74, 6) is 0.899. The van der Waals surface area contributed by atoms with E-state index in [4.69, 9.17) is 5.41 Å². The molecule has 2 heteroatoms. The summed E-state index contributed by atoms with van der Waals surface area (Å²) in [4.78, 5) is 0. The molecule has 1 atom stereocenters. The number of rotatable bonds is 0. The molecule has 0 aromatic rings. The van der Waals surface area contributed by atoms with E-state index in [1.807, 2.05) is 0 Å². The molecule has 1 N–H and O–H groups in total. The monoisotopic (exact) mass is 225 g/mol. The van der Waals surface area contributed by atoms with Gasteiger partial charge in [0.05, 0.1) is 0 Å². The van der Waals surface area contributed by atoms with Gasteiger partial charge in [-0.15, -0.1) is 8.58 Å². The summed E-state index contributed by atoms with van der Waals surface area (Å²) in [6.07, 6.45) is 7.18. The lowest BCUT2D eigenvalue weighted by Crippen LogP contribution is -2.15. The maximum absolute atomic E-state index is 7.63. The van der Waals surface area contributed by atoms with Crippen LogP contribution in [0.3, 0.4) is 0 Å². The van der Waals surface area contributed by atoms with Gasteiger partial charge in [0.1, 0.15) is 0 Å². The average molecular weight is 225 g/mol. The smallest absolute Gasteiger partial charge is 0.0133 e. The Morgan fingerprint density at radius 3 is 2.47 bits per heavy atom. The van der Waals surface area contributed by atoms with Crippen molar-refractivity contribution >= 4 is 14.3 Å². The van der Waals surface area contributed by atoms with Gasteiger partial charge in [-0.3, -0.25) is 0 Å². The minimum atomic E-state index is 0.899. The molecule has 0 saturated heterocycles. The zero-order valence-electron chi connectivity index (χ0n) is 10.3. The number of nitrogens with one attached hydrogen (secondary N) is 1.